The van der Waals surface area contributed by atoms with Crippen molar-refractivity contribution in [2.45, 2.75) is 49.4 Å². The molecular weight excluding hydrogens is 364 g/mol. The maximum Gasteiger partial charge on any atom is 0.241 e. The zero-order valence-corrected chi connectivity index (χ0v) is 18.1. The van der Waals surface area contributed by atoms with Gasteiger partial charge in [0.1, 0.15) is 0 Å². The Balaban J connectivity index is 1.85. The molecule has 2 spiro atoms. The first kappa shape index (κ1) is 18.0. The summed E-state index contributed by atoms with van der Waals surface area (Å²) in [4.78, 5) is 13.8. The standard InChI is InChI=1S/C20H28O2S2Si/c1-25(2,3)22-17-9-8-15-7-4-5-11-19(18(15)21)16(17)10-12-20(19)23-13-6-14-24-20/h4-5,7,9,11,15-16H,6,8,10,12-14H2,1-3H3/t15-,16-,19-/m1/s1. The molecule has 0 aromatic carbocycles. The highest BCUT2D eigenvalue weighted by Crippen LogP contribution is 2.68. The Kier molecular flexibility index (Phi) is 4.57. The molecule has 1 heterocycles. The van der Waals surface area contributed by atoms with Crippen LogP contribution in [0.5, 0.6) is 0 Å². The third-order valence-electron chi connectivity index (χ3n) is 5.80. The number of carbonyl (C=O) groups excluding carboxylic acids is 1. The van der Waals surface area contributed by atoms with Crippen LogP contribution < -0.4 is 0 Å². The van der Waals surface area contributed by atoms with Crippen LogP contribution in [-0.4, -0.2) is 29.7 Å². The van der Waals surface area contributed by atoms with Crippen LogP contribution >= 0.6 is 23.5 Å². The van der Waals surface area contributed by atoms with Gasteiger partial charge in [0.2, 0.25) is 8.32 Å². The molecule has 0 radical (unpaired) electrons. The number of Topliss-reactive ketones (excluding diaryl/α,β-unsaturated/α-hetero) is 1. The molecule has 4 rings (SSSR count). The van der Waals surface area contributed by atoms with Gasteiger partial charge in [0.25, 0.3) is 0 Å². The molecule has 3 aliphatic carbocycles. The summed E-state index contributed by atoms with van der Waals surface area (Å²) < 4.78 is 6.57. The molecule has 0 unspecified atom stereocenters. The van der Waals surface area contributed by atoms with E-state index in [4.69, 9.17) is 4.43 Å². The van der Waals surface area contributed by atoms with Crippen molar-refractivity contribution in [2.75, 3.05) is 11.5 Å². The number of rotatable bonds is 2. The maximum absolute atomic E-state index is 13.8. The van der Waals surface area contributed by atoms with Gasteiger partial charge >= 0.3 is 0 Å². The highest BCUT2D eigenvalue weighted by molar-refractivity contribution is 8.18. The zero-order chi connectivity index (χ0) is 17.7. The summed E-state index contributed by atoms with van der Waals surface area (Å²) in [5.41, 5.74) is -0.404. The molecule has 25 heavy (non-hydrogen) atoms. The summed E-state index contributed by atoms with van der Waals surface area (Å²) in [7, 11) is -1.71. The van der Waals surface area contributed by atoms with Gasteiger partial charge in [-0.3, -0.25) is 4.79 Å². The van der Waals surface area contributed by atoms with Crippen molar-refractivity contribution in [3.8, 4) is 0 Å². The Morgan fingerprint density at radius 1 is 1.20 bits per heavy atom. The molecule has 2 nitrogen and oxygen atoms in total. The molecule has 0 aromatic heterocycles. The number of allylic oxidation sites excluding steroid dienone is 6. The third kappa shape index (κ3) is 2.81. The SMILES string of the molecule is C[Si](C)(C)OC1=CC[C@H]2C=CC=C[C@]3(C2=O)[C@@H]1CCC31SCCCS1. The maximum atomic E-state index is 13.8. The highest BCUT2D eigenvalue weighted by atomic mass is 32.2. The first-order valence-corrected chi connectivity index (χ1v) is 14.8. The van der Waals surface area contributed by atoms with Gasteiger partial charge in [-0.05, 0) is 62.9 Å². The van der Waals surface area contributed by atoms with Crippen LogP contribution in [0.15, 0.2) is 36.1 Å². The Labute approximate surface area is 161 Å². The fraction of sp³-hybridized carbons (Fsp3) is 0.650. The van der Waals surface area contributed by atoms with E-state index in [1.54, 1.807) is 0 Å². The van der Waals surface area contributed by atoms with Gasteiger partial charge in [-0.2, -0.15) is 0 Å². The average Bonchev–Trinajstić information content (AvgIpc) is 2.69. The summed E-state index contributed by atoms with van der Waals surface area (Å²) in [6.45, 7) is 6.74. The van der Waals surface area contributed by atoms with E-state index < -0.39 is 13.7 Å². The summed E-state index contributed by atoms with van der Waals surface area (Å²) in [5, 5.41) is 0. The first-order chi connectivity index (χ1) is 11.9. The smallest absolute Gasteiger partial charge is 0.241 e. The molecule has 1 aliphatic heterocycles. The highest BCUT2D eigenvalue weighted by Gasteiger charge is 2.66. The van der Waals surface area contributed by atoms with E-state index in [2.05, 4.69) is 73.5 Å². The van der Waals surface area contributed by atoms with Crippen molar-refractivity contribution in [1.82, 2.24) is 0 Å². The van der Waals surface area contributed by atoms with Crippen LogP contribution in [-0.2, 0) is 9.22 Å². The van der Waals surface area contributed by atoms with Crippen LogP contribution in [0.3, 0.4) is 0 Å². The van der Waals surface area contributed by atoms with Gasteiger partial charge < -0.3 is 4.43 Å². The fourth-order valence-corrected chi connectivity index (χ4v) is 9.69. The minimum atomic E-state index is -1.71. The quantitative estimate of drug-likeness (QED) is 0.588. The Bertz CT molecular complexity index is 655. The van der Waals surface area contributed by atoms with Crippen LogP contribution in [0.1, 0.15) is 25.7 Å². The van der Waals surface area contributed by atoms with E-state index in [0.29, 0.717) is 5.78 Å². The van der Waals surface area contributed by atoms with Crippen LogP contribution in [0.4, 0.5) is 0 Å². The van der Waals surface area contributed by atoms with Crippen molar-refractivity contribution in [2.24, 2.45) is 17.3 Å². The number of ketones is 1. The second kappa shape index (κ2) is 6.34. The monoisotopic (exact) mass is 392 g/mol. The molecule has 3 atom stereocenters. The second-order valence-electron chi connectivity index (χ2n) is 8.54. The minimum absolute atomic E-state index is 0.000000157. The zero-order valence-electron chi connectivity index (χ0n) is 15.4. The topological polar surface area (TPSA) is 26.3 Å². The van der Waals surface area contributed by atoms with Gasteiger partial charge in [-0.25, -0.2) is 0 Å². The summed E-state index contributed by atoms with van der Waals surface area (Å²) >= 11 is 4.10. The molecule has 2 bridgehead atoms. The molecular formula is C20H28O2S2Si. The number of hydrogen-bond donors (Lipinski definition) is 0. The van der Waals surface area contributed by atoms with Crippen molar-refractivity contribution < 1.29 is 9.22 Å². The predicted octanol–water partition coefficient (Wildman–Crippen LogP) is 5.40. The molecule has 0 N–H and O–H groups in total. The summed E-state index contributed by atoms with van der Waals surface area (Å²) in [5.74, 6) is 4.12. The lowest BCUT2D eigenvalue weighted by Crippen LogP contribution is -2.50. The van der Waals surface area contributed by atoms with Crippen LogP contribution in [0.2, 0.25) is 19.6 Å². The fourth-order valence-electron chi connectivity index (χ4n) is 4.88. The molecule has 2 fully saturated rings. The van der Waals surface area contributed by atoms with Gasteiger partial charge in [0.15, 0.2) is 5.78 Å². The number of fused-ring (bicyclic) bond motifs is 1. The number of hydrogen-bond acceptors (Lipinski definition) is 4. The lowest BCUT2D eigenvalue weighted by Gasteiger charge is -2.47. The van der Waals surface area contributed by atoms with Crippen molar-refractivity contribution in [3.63, 3.8) is 0 Å². The van der Waals surface area contributed by atoms with Crippen LogP contribution in [0, 0.1) is 17.3 Å². The molecule has 4 aliphatic rings. The van der Waals surface area contributed by atoms with E-state index >= 15 is 0 Å². The Morgan fingerprint density at radius 3 is 2.68 bits per heavy atom. The van der Waals surface area contributed by atoms with Crippen molar-refractivity contribution in [1.29, 1.82) is 0 Å². The summed E-state index contributed by atoms with van der Waals surface area (Å²) in [6.07, 6.45) is 15.1. The molecule has 0 amide bonds. The van der Waals surface area contributed by atoms with Gasteiger partial charge in [0, 0.05) is 11.8 Å². The van der Waals surface area contributed by atoms with E-state index in [1.165, 1.54) is 17.9 Å². The first-order valence-electron chi connectivity index (χ1n) is 9.45. The average molecular weight is 393 g/mol. The molecule has 136 valence electrons. The normalized spacial score (nSPS) is 36.6. The molecule has 5 heteroatoms. The Morgan fingerprint density at radius 2 is 1.96 bits per heavy atom. The van der Waals surface area contributed by atoms with Crippen LogP contribution in [0.25, 0.3) is 0 Å². The van der Waals surface area contributed by atoms with Gasteiger partial charge in [-0.15, -0.1) is 23.5 Å². The van der Waals surface area contributed by atoms with Crippen molar-refractivity contribution in [3.05, 3.63) is 36.1 Å². The second-order valence-corrected chi connectivity index (χ2v) is 16.0. The minimum Gasteiger partial charge on any atom is -0.547 e. The van der Waals surface area contributed by atoms with Gasteiger partial charge in [-0.1, -0.05) is 24.3 Å². The summed E-state index contributed by atoms with van der Waals surface area (Å²) in [6, 6.07) is 0. The van der Waals surface area contributed by atoms with E-state index in [1.807, 2.05) is 0 Å². The van der Waals surface area contributed by atoms with Gasteiger partial charge in [0.05, 0.1) is 15.3 Å². The molecule has 1 saturated carbocycles. The van der Waals surface area contributed by atoms with E-state index in [0.717, 1.165) is 25.0 Å². The number of thioether (sulfide) groups is 2. The lowest BCUT2D eigenvalue weighted by molar-refractivity contribution is -0.130. The third-order valence-corrected chi connectivity index (χ3v) is 10.4. The largest absolute Gasteiger partial charge is 0.547 e. The van der Waals surface area contributed by atoms with E-state index in [-0.39, 0.29) is 15.9 Å². The van der Waals surface area contributed by atoms with E-state index in [9.17, 15) is 4.79 Å². The lowest BCUT2D eigenvalue weighted by atomic mass is 9.70. The Hall–Kier alpha value is -0.393. The molecule has 0 aromatic rings. The predicted molar refractivity (Wildman–Crippen MR) is 111 cm³/mol. The number of carbonyl (C=O) groups is 1. The van der Waals surface area contributed by atoms with Crippen molar-refractivity contribution >= 4 is 37.6 Å². The molecule has 1 saturated heterocycles.